The third-order valence-electron chi connectivity index (χ3n) is 5.09. The van der Waals surface area contributed by atoms with Gasteiger partial charge >= 0.3 is 150 Å². The van der Waals surface area contributed by atoms with Crippen LogP contribution in [0.4, 0.5) is 0 Å². The molecule has 0 aromatic heterocycles. The van der Waals surface area contributed by atoms with Gasteiger partial charge in [0.1, 0.15) is 0 Å². The van der Waals surface area contributed by atoms with Crippen molar-refractivity contribution in [1.29, 1.82) is 0 Å². The van der Waals surface area contributed by atoms with E-state index in [4.69, 9.17) is 0 Å². The SMILES string of the molecule is CCC[CH2][Sn](/[CH]=C(\CC)c1ccccc1)([CH2]CCC)[CH2]CCC. The van der Waals surface area contributed by atoms with Crippen molar-refractivity contribution in [2.24, 2.45) is 0 Å². The Morgan fingerprint density at radius 1 is 0.783 bits per heavy atom. The van der Waals surface area contributed by atoms with Crippen molar-refractivity contribution < 1.29 is 0 Å². The summed E-state index contributed by atoms with van der Waals surface area (Å²) in [7, 11) is 0. The molecule has 0 atom stereocenters. The van der Waals surface area contributed by atoms with Crippen LogP contribution in [0.15, 0.2) is 34.4 Å². The summed E-state index contributed by atoms with van der Waals surface area (Å²) in [5, 5.41) is 0. The van der Waals surface area contributed by atoms with E-state index in [2.05, 4.69) is 62.1 Å². The van der Waals surface area contributed by atoms with Gasteiger partial charge in [0.2, 0.25) is 0 Å². The Balaban J connectivity index is 3.13. The molecule has 0 aliphatic carbocycles. The molecule has 0 nitrogen and oxygen atoms in total. The molecule has 0 saturated carbocycles. The quantitative estimate of drug-likeness (QED) is 0.301. The molecule has 1 aromatic carbocycles. The van der Waals surface area contributed by atoms with E-state index in [9.17, 15) is 0 Å². The van der Waals surface area contributed by atoms with Crippen LogP contribution in [0.5, 0.6) is 0 Å². The molecule has 23 heavy (non-hydrogen) atoms. The van der Waals surface area contributed by atoms with E-state index in [-0.39, 0.29) is 0 Å². The first-order valence-corrected chi connectivity index (χ1v) is 17.7. The Bertz CT molecular complexity index is 411. The molecular formula is C22H38Sn. The summed E-state index contributed by atoms with van der Waals surface area (Å²) in [6.07, 6.45) is 9.61. The molecule has 0 saturated heterocycles. The third-order valence-corrected chi connectivity index (χ3v) is 19.4. The van der Waals surface area contributed by atoms with Gasteiger partial charge in [0.05, 0.1) is 0 Å². The zero-order chi connectivity index (χ0) is 17.0. The van der Waals surface area contributed by atoms with Gasteiger partial charge in [-0.05, 0) is 0 Å². The van der Waals surface area contributed by atoms with Gasteiger partial charge < -0.3 is 0 Å². The van der Waals surface area contributed by atoms with E-state index in [0.717, 1.165) is 0 Å². The van der Waals surface area contributed by atoms with Crippen molar-refractivity contribution in [3.63, 3.8) is 0 Å². The second-order valence-corrected chi connectivity index (χ2v) is 19.9. The second kappa shape index (κ2) is 12.2. The minimum atomic E-state index is -2.16. The van der Waals surface area contributed by atoms with Crippen molar-refractivity contribution in [2.75, 3.05) is 0 Å². The first-order valence-electron chi connectivity index (χ1n) is 9.98. The number of hydrogen-bond donors (Lipinski definition) is 0. The predicted molar refractivity (Wildman–Crippen MR) is 110 cm³/mol. The van der Waals surface area contributed by atoms with Gasteiger partial charge in [-0.2, -0.15) is 0 Å². The summed E-state index contributed by atoms with van der Waals surface area (Å²) >= 11 is -2.16. The monoisotopic (exact) mass is 422 g/mol. The van der Waals surface area contributed by atoms with Crippen LogP contribution in [-0.2, 0) is 0 Å². The van der Waals surface area contributed by atoms with E-state index in [1.807, 2.05) is 0 Å². The predicted octanol–water partition coefficient (Wildman–Crippen LogP) is 7.87. The first kappa shape index (κ1) is 20.8. The molecule has 0 spiro atoms. The summed E-state index contributed by atoms with van der Waals surface area (Å²) in [4.78, 5) is 0. The molecule has 130 valence electrons. The fourth-order valence-electron chi connectivity index (χ4n) is 3.59. The normalized spacial score (nSPS) is 12.6. The van der Waals surface area contributed by atoms with Gasteiger partial charge in [0.25, 0.3) is 0 Å². The Hall–Kier alpha value is -0.241. The van der Waals surface area contributed by atoms with Gasteiger partial charge in [-0.3, -0.25) is 0 Å². The summed E-state index contributed by atoms with van der Waals surface area (Å²) < 4.78 is 7.61. The van der Waals surface area contributed by atoms with E-state index in [1.165, 1.54) is 50.5 Å². The van der Waals surface area contributed by atoms with Crippen LogP contribution in [0.2, 0.25) is 13.3 Å². The van der Waals surface area contributed by atoms with Crippen LogP contribution >= 0.6 is 0 Å². The zero-order valence-corrected chi connectivity index (χ0v) is 18.9. The van der Waals surface area contributed by atoms with Gasteiger partial charge in [0.15, 0.2) is 0 Å². The maximum absolute atomic E-state index is 2.89. The van der Waals surface area contributed by atoms with Crippen molar-refractivity contribution in [3.8, 4) is 0 Å². The standard InChI is InChI=1S/C10H11.3C4H9.Sn/c1-3-9(2)10-7-5-4-6-8-10;3*1-3-4-2;/h2,4-8H,3H2,1H3;3*1,3-4H2,2H3;. The Labute approximate surface area is 149 Å². The molecule has 0 heterocycles. The Morgan fingerprint density at radius 3 is 1.65 bits per heavy atom. The van der Waals surface area contributed by atoms with E-state index >= 15 is 0 Å². The van der Waals surface area contributed by atoms with Gasteiger partial charge in [-0.1, -0.05) is 0 Å². The van der Waals surface area contributed by atoms with Crippen LogP contribution in [0.25, 0.3) is 5.57 Å². The molecule has 0 fully saturated rings. The van der Waals surface area contributed by atoms with Crippen molar-refractivity contribution >= 4 is 24.0 Å². The number of rotatable bonds is 12. The zero-order valence-electron chi connectivity index (χ0n) is 16.0. The summed E-state index contributed by atoms with van der Waals surface area (Å²) in [5.41, 5.74) is 3.12. The minimum absolute atomic E-state index is 1.19. The molecule has 1 aromatic rings. The molecular weight excluding hydrogens is 383 g/mol. The molecule has 0 N–H and O–H groups in total. The van der Waals surface area contributed by atoms with Gasteiger partial charge in [-0.15, -0.1) is 0 Å². The molecule has 0 aliphatic heterocycles. The fourth-order valence-corrected chi connectivity index (χ4v) is 19.2. The molecule has 0 radical (unpaired) electrons. The third kappa shape index (κ3) is 7.45. The van der Waals surface area contributed by atoms with Crippen LogP contribution in [0, 0.1) is 0 Å². The molecule has 0 aliphatic rings. The number of unbranched alkanes of at least 4 members (excludes halogenated alkanes) is 3. The number of allylic oxidation sites excluding steroid dienone is 1. The molecule has 0 bridgehead atoms. The van der Waals surface area contributed by atoms with Crippen LogP contribution in [-0.4, -0.2) is 18.4 Å². The average Bonchev–Trinajstić information content (AvgIpc) is 2.61. The molecule has 1 heteroatoms. The van der Waals surface area contributed by atoms with E-state index in [1.54, 1.807) is 18.9 Å². The average molecular weight is 421 g/mol. The van der Waals surface area contributed by atoms with Crippen molar-refractivity contribution in [1.82, 2.24) is 0 Å². The second-order valence-electron chi connectivity index (χ2n) is 7.06. The maximum atomic E-state index is 2.89. The molecule has 0 amide bonds. The van der Waals surface area contributed by atoms with Crippen molar-refractivity contribution in [3.05, 3.63) is 40.0 Å². The van der Waals surface area contributed by atoms with E-state index in [0.29, 0.717) is 0 Å². The summed E-state index contributed by atoms with van der Waals surface area (Å²) in [5.74, 6) is 0. The number of hydrogen-bond acceptors (Lipinski definition) is 0. The first-order chi connectivity index (χ1) is 11.2. The van der Waals surface area contributed by atoms with Gasteiger partial charge in [0, 0.05) is 0 Å². The Morgan fingerprint density at radius 2 is 1.26 bits per heavy atom. The van der Waals surface area contributed by atoms with E-state index < -0.39 is 18.4 Å². The summed E-state index contributed by atoms with van der Waals surface area (Å²) in [6, 6.07) is 11.1. The molecule has 1 rings (SSSR count). The topological polar surface area (TPSA) is 0 Å². The van der Waals surface area contributed by atoms with Crippen LogP contribution in [0.3, 0.4) is 0 Å². The molecule has 0 unspecified atom stereocenters. The summed E-state index contributed by atoms with van der Waals surface area (Å²) in [6.45, 7) is 9.42. The van der Waals surface area contributed by atoms with Gasteiger partial charge in [-0.25, -0.2) is 0 Å². The Kier molecular flexibility index (Phi) is 11.0. The van der Waals surface area contributed by atoms with Crippen molar-refractivity contribution in [2.45, 2.75) is 86.0 Å². The van der Waals surface area contributed by atoms with Crippen LogP contribution < -0.4 is 0 Å². The fraction of sp³-hybridized carbons (Fsp3) is 0.636. The van der Waals surface area contributed by atoms with Crippen LogP contribution in [0.1, 0.15) is 78.2 Å². The number of benzene rings is 1.